The predicted octanol–water partition coefficient (Wildman–Crippen LogP) is 11.7. The second-order valence-corrected chi connectivity index (χ2v) is 13.8. The average molecular weight is 647 g/mol. The summed E-state index contributed by atoms with van der Waals surface area (Å²) in [5, 5.41) is 0. The minimum absolute atomic E-state index is 0.335. The monoisotopic (exact) mass is 646 g/mol. The fourth-order valence-corrected chi connectivity index (χ4v) is 5.92. The number of carbonyl (C=O) groups is 2. The normalized spacial score (nSPS) is 11.3. The van der Waals surface area contributed by atoms with Crippen molar-refractivity contribution in [3.63, 3.8) is 0 Å². The lowest BCUT2D eigenvalue weighted by Gasteiger charge is -2.05. The van der Waals surface area contributed by atoms with E-state index in [4.69, 9.17) is 14.2 Å². The Labute approximate surface area is 275 Å². The van der Waals surface area contributed by atoms with Crippen LogP contribution in [0.1, 0.15) is 180 Å². The van der Waals surface area contributed by atoms with Crippen molar-refractivity contribution in [2.75, 3.05) is 37.6 Å². The highest BCUT2D eigenvalue weighted by molar-refractivity contribution is 7.98. The number of unbranched alkanes of at least 4 members (excludes halogenated alkanes) is 24. The first-order valence-electron chi connectivity index (χ1n) is 18.1. The lowest BCUT2D eigenvalue weighted by Crippen LogP contribution is -2.11. The lowest BCUT2D eigenvalue weighted by molar-refractivity contribution is -0.159. The van der Waals surface area contributed by atoms with Gasteiger partial charge >= 0.3 is 11.9 Å². The van der Waals surface area contributed by atoms with Gasteiger partial charge in [-0.1, -0.05) is 141 Å². The van der Waals surface area contributed by atoms with Crippen LogP contribution in [0.4, 0.5) is 0 Å². The maximum absolute atomic E-state index is 11.9. The zero-order valence-corrected chi connectivity index (χ0v) is 30.1. The molecule has 0 aromatic heterocycles. The highest BCUT2D eigenvalue weighted by Crippen LogP contribution is 2.15. The molecule has 0 fully saturated rings. The van der Waals surface area contributed by atoms with Crippen LogP contribution in [-0.4, -0.2) is 49.5 Å². The van der Waals surface area contributed by atoms with Gasteiger partial charge in [0.15, 0.2) is 0 Å². The predicted molar refractivity (Wildman–Crippen MR) is 189 cm³/mol. The van der Waals surface area contributed by atoms with E-state index in [1.807, 2.05) is 0 Å². The number of carbonyl (C=O) groups excluding carboxylic acids is 2. The molecule has 0 spiro atoms. The molecule has 0 amide bonds. The van der Waals surface area contributed by atoms with Crippen molar-refractivity contribution >= 4 is 35.5 Å². The Bertz CT molecular complexity index is 528. The number of ether oxygens (including phenoxy) is 3. The van der Waals surface area contributed by atoms with Crippen molar-refractivity contribution in [1.29, 1.82) is 0 Å². The van der Waals surface area contributed by atoms with Gasteiger partial charge in [-0.15, -0.1) is 23.5 Å². The number of thioether (sulfide) groups is 2. The summed E-state index contributed by atoms with van der Waals surface area (Å²) >= 11 is 3.49. The Kier molecular flexibility index (Phi) is 37.7. The zero-order chi connectivity index (χ0) is 31.3. The van der Waals surface area contributed by atoms with Gasteiger partial charge < -0.3 is 14.2 Å². The van der Waals surface area contributed by atoms with Crippen LogP contribution >= 0.6 is 23.5 Å². The molecule has 0 rings (SSSR count). The molecular weight excluding hydrogens is 577 g/mol. The molecule has 0 saturated heterocycles. The highest BCUT2D eigenvalue weighted by Gasteiger charge is 2.10. The van der Waals surface area contributed by atoms with E-state index >= 15 is 0 Å². The Hall–Kier alpha value is -0.240. The maximum atomic E-state index is 11.9. The smallest absolute Gasteiger partial charge is 0.313 e. The molecule has 0 aliphatic carbocycles. The molecule has 0 heterocycles. The van der Waals surface area contributed by atoms with Crippen LogP contribution in [0, 0.1) is 0 Å². The van der Waals surface area contributed by atoms with Crippen molar-refractivity contribution in [2.24, 2.45) is 0 Å². The molecule has 0 unspecified atom stereocenters. The standard InChI is InChI=1S/C36H70O5S2/c1-42-33-39-31-27-23-19-15-11-7-3-5-9-13-17-21-25-29-35(37)41-36(38)30-26-22-18-14-10-6-4-8-12-16-20-24-28-32-40-34-43-2/h3-34H2,1-2H3. The molecule has 0 aliphatic rings. The Morgan fingerprint density at radius 2 is 0.605 bits per heavy atom. The van der Waals surface area contributed by atoms with Crippen molar-refractivity contribution in [2.45, 2.75) is 180 Å². The van der Waals surface area contributed by atoms with E-state index in [0.717, 1.165) is 50.8 Å². The molecule has 5 nitrogen and oxygen atoms in total. The summed E-state index contributed by atoms with van der Waals surface area (Å²) < 4.78 is 16.0. The Balaban J connectivity index is 3.26. The topological polar surface area (TPSA) is 61.8 Å². The zero-order valence-electron chi connectivity index (χ0n) is 28.5. The summed E-state index contributed by atoms with van der Waals surface area (Å²) in [6, 6.07) is 0. The molecule has 256 valence electrons. The van der Waals surface area contributed by atoms with Crippen LogP contribution in [0.15, 0.2) is 0 Å². The second kappa shape index (κ2) is 37.9. The number of rotatable bonds is 36. The van der Waals surface area contributed by atoms with Crippen LogP contribution < -0.4 is 0 Å². The first kappa shape index (κ1) is 42.8. The van der Waals surface area contributed by atoms with E-state index in [1.165, 1.54) is 141 Å². The third-order valence-corrected chi connectivity index (χ3v) is 8.77. The molecule has 0 saturated carbocycles. The maximum Gasteiger partial charge on any atom is 0.313 e. The quantitative estimate of drug-likeness (QED) is 0.0290. The second-order valence-electron chi connectivity index (χ2n) is 12.2. The van der Waals surface area contributed by atoms with Crippen LogP contribution in [0.25, 0.3) is 0 Å². The third kappa shape index (κ3) is 37.9. The van der Waals surface area contributed by atoms with Gasteiger partial charge in [0.25, 0.3) is 0 Å². The average Bonchev–Trinajstić information content (AvgIpc) is 3.00. The molecule has 0 aliphatic heterocycles. The van der Waals surface area contributed by atoms with E-state index in [1.54, 1.807) is 23.5 Å². The molecule has 0 aromatic carbocycles. The number of hydrogen-bond acceptors (Lipinski definition) is 7. The summed E-state index contributed by atoms with van der Waals surface area (Å²) in [5.41, 5.74) is 0. The molecule has 0 N–H and O–H groups in total. The minimum Gasteiger partial charge on any atom is -0.393 e. The van der Waals surface area contributed by atoms with E-state index in [9.17, 15) is 9.59 Å². The summed E-state index contributed by atoms with van der Waals surface area (Å²) in [7, 11) is 0. The fraction of sp³-hybridized carbons (Fsp3) is 0.944. The van der Waals surface area contributed by atoms with E-state index < -0.39 is 0 Å². The summed E-state index contributed by atoms with van der Waals surface area (Å²) in [5.74, 6) is 0.979. The number of esters is 2. The van der Waals surface area contributed by atoms with Gasteiger partial charge in [-0.3, -0.25) is 9.59 Å². The van der Waals surface area contributed by atoms with E-state index in [0.29, 0.717) is 12.8 Å². The largest absolute Gasteiger partial charge is 0.393 e. The molecule has 0 atom stereocenters. The first-order valence-corrected chi connectivity index (χ1v) is 20.9. The van der Waals surface area contributed by atoms with Gasteiger partial charge in [0.05, 0.1) is 11.9 Å². The Morgan fingerprint density at radius 1 is 0.372 bits per heavy atom. The van der Waals surface area contributed by atoms with Gasteiger partial charge in [-0.05, 0) is 38.2 Å². The van der Waals surface area contributed by atoms with Gasteiger partial charge in [-0.2, -0.15) is 0 Å². The summed E-state index contributed by atoms with van der Waals surface area (Å²) in [6.45, 7) is 1.83. The Morgan fingerprint density at radius 3 is 0.860 bits per heavy atom. The SMILES string of the molecule is CSCOCCCCCCCCCCCCCCCC(=O)OC(=O)CCCCCCCCCCCCCCCOCSC. The van der Waals surface area contributed by atoms with Gasteiger partial charge in [-0.25, -0.2) is 0 Å². The van der Waals surface area contributed by atoms with E-state index in [-0.39, 0.29) is 11.9 Å². The van der Waals surface area contributed by atoms with Crippen molar-refractivity contribution in [3.05, 3.63) is 0 Å². The molecule has 0 bridgehead atoms. The van der Waals surface area contributed by atoms with Gasteiger partial charge in [0, 0.05) is 26.1 Å². The number of hydrogen-bond donors (Lipinski definition) is 0. The van der Waals surface area contributed by atoms with Crippen molar-refractivity contribution < 1.29 is 23.8 Å². The lowest BCUT2D eigenvalue weighted by atomic mass is 10.0. The van der Waals surface area contributed by atoms with Crippen LogP contribution in [-0.2, 0) is 23.8 Å². The van der Waals surface area contributed by atoms with Crippen molar-refractivity contribution in [1.82, 2.24) is 0 Å². The fourth-order valence-electron chi connectivity index (χ4n) is 5.35. The summed E-state index contributed by atoms with van der Waals surface area (Å²) in [4.78, 5) is 23.9. The third-order valence-electron chi connectivity index (χ3n) is 7.97. The van der Waals surface area contributed by atoms with E-state index in [2.05, 4.69) is 12.5 Å². The molecule has 43 heavy (non-hydrogen) atoms. The van der Waals surface area contributed by atoms with Gasteiger partial charge in [0.2, 0.25) is 0 Å². The van der Waals surface area contributed by atoms with Crippen LogP contribution in [0.5, 0.6) is 0 Å². The first-order chi connectivity index (χ1) is 21.2. The van der Waals surface area contributed by atoms with Gasteiger partial charge in [0.1, 0.15) is 0 Å². The molecule has 0 radical (unpaired) electrons. The minimum atomic E-state index is -0.335. The molecule has 0 aromatic rings. The highest BCUT2D eigenvalue weighted by atomic mass is 32.2. The van der Waals surface area contributed by atoms with Crippen LogP contribution in [0.3, 0.4) is 0 Å². The molecule has 7 heteroatoms. The molecular formula is C36H70O5S2. The van der Waals surface area contributed by atoms with Crippen molar-refractivity contribution in [3.8, 4) is 0 Å². The summed E-state index contributed by atoms with van der Waals surface area (Å²) in [6.07, 6.45) is 37.3. The van der Waals surface area contributed by atoms with Crippen LogP contribution in [0.2, 0.25) is 0 Å².